The third kappa shape index (κ3) is 1.05. The quantitative estimate of drug-likeness (QED) is 0.627. The van der Waals surface area contributed by atoms with Gasteiger partial charge in [0.25, 0.3) is 0 Å². The molecule has 0 saturated heterocycles. The lowest BCUT2D eigenvalue weighted by Crippen LogP contribution is -1.78. The zero-order valence-corrected chi connectivity index (χ0v) is 6.54. The maximum Gasteiger partial charge on any atom is 0.193 e. The highest BCUT2D eigenvalue weighted by Crippen LogP contribution is 2.15. The number of nitrogens with zero attached hydrogens (tertiary/aromatic N) is 2. The van der Waals surface area contributed by atoms with Gasteiger partial charge in [-0.1, -0.05) is 0 Å². The summed E-state index contributed by atoms with van der Waals surface area (Å²) in [5, 5.41) is 0. The molecule has 4 heteroatoms. The molecule has 0 aliphatic heterocycles. The fourth-order valence-electron chi connectivity index (χ4n) is 0.952. The summed E-state index contributed by atoms with van der Waals surface area (Å²) >= 11 is 1.55. The normalized spacial score (nSPS) is 10.5. The standard InChI is InChI=1S/C7H6N2OS/c10-4-1-6-5-9-3-2-8-7(9)11-6/h2-5H,1H2. The molecule has 0 bridgehead atoms. The molecule has 56 valence electrons. The minimum absolute atomic E-state index is 0.494. The first-order valence-electron chi connectivity index (χ1n) is 3.25. The summed E-state index contributed by atoms with van der Waals surface area (Å²) < 4.78 is 1.92. The van der Waals surface area contributed by atoms with Gasteiger partial charge in [-0.3, -0.25) is 4.40 Å². The van der Waals surface area contributed by atoms with Crippen molar-refractivity contribution in [3.8, 4) is 0 Å². The third-order valence-electron chi connectivity index (χ3n) is 1.42. The van der Waals surface area contributed by atoms with Crippen LogP contribution in [0.5, 0.6) is 0 Å². The Kier molecular flexibility index (Phi) is 1.47. The van der Waals surface area contributed by atoms with Gasteiger partial charge in [-0.15, -0.1) is 11.3 Å². The van der Waals surface area contributed by atoms with E-state index in [4.69, 9.17) is 0 Å². The van der Waals surface area contributed by atoms with Gasteiger partial charge in [-0.05, 0) is 0 Å². The molecule has 2 rings (SSSR count). The molecule has 0 amide bonds. The summed E-state index contributed by atoms with van der Waals surface area (Å²) in [5.41, 5.74) is 0. The Morgan fingerprint density at radius 2 is 2.64 bits per heavy atom. The monoisotopic (exact) mass is 166 g/mol. The van der Waals surface area contributed by atoms with E-state index in [1.807, 2.05) is 16.8 Å². The number of fused-ring (bicyclic) bond motifs is 1. The molecule has 2 heterocycles. The van der Waals surface area contributed by atoms with E-state index in [-0.39, 0.29) is 0 Å². The third-order valence-corrected chi connectivity index (χ3v) is 2.46. The summed E-state index contributed by atoms with van der Waals surface area (Å²) in [7, 11) is 0. The summed E-state index contributed by atoms with van der Waals surface area (Å²) in [4.78, 5) is 16.2. The first-order valence-corrected chi connectivity index (χ1v) is 4.07. The van der Waals surface area contributed by atoms with Crippen LogP contribution in [0, 0.1) is 0 Å². The van der Waals surface area contributed by atoms with Crippen molar-refractivity contribution < 1.29 is 4.79 Å². The maximum absolute atomic E-state index is 10.1. The number of hydrogen-bond acceptors (Lipinski definition) is 3. The van der Waals surface area contributed by atoms with E-state index in [0.29, 0.717) is 6.42 Å². The lowest BCUT2D eigenvalue weighted by Gasteiger charge is -1.79. The first kappa shape index (κ1) is 6.54. The molecule has 0 aromatic carbocycles. The molecule has 0 saturated carbocycles. The van der Waals surface area contributed by atoms with E-state index >= 15 is 0 Å². The minimum atomic E-state index is 0.494. The Balaban J connectivity index is 2.49. The second-order valence-corrected chi connectivity index (χ2v) is 3.28. The predicted molar refractivity (Wildman–Crippen MR) is 42.8 cm³/mol. The van der Waals surface area contributed by atoms with Crippen LogP contribution in [-0.2, 0) is 11.2 Å². The zero-order chi connectivity index (χ0) is 7.68. The molecule has 0 fully saturated rings. The van der Waals surface area contributed by atoms with E-state index in [1.165, 1.54) is 0 Å². The average molecular weight is 166 g/mol. The summed E-state index contributed by atoms with van der Waals surface area (Å²) in [5.74, 6) is 0. The van der Waals surface area contributed by atoms with Gasteiger partial charge in [0.15, 0.2) is 4.96 Å². The van der Waals surface area contributed by atoms with Crippen molar-refractivity contribution in [2.75, 3.05) is 0 Å². The summed E-state index contributed by atoms with van der Waals surface area (Å²) in [6.07, 6.45) is 6.96. The Morgan fingerprint density at radius 3 is 3.36 bits per heavy atom. The molecule has 3 nitrogen and oxygen atoms in total. The van der Waals surface area contributed by atoms with Crippen LogP contribution in [0.3, 0.4) is 0 Å². The minimum Gasteiger partial charge on any atom is -0.303 e. The number of rotatable bonds is 2. The highest BCUT2D eigenvalue weighted by Gasteiger charge is 1.99. The largest absolute Gasteiger partial charge is 0.303 e. The fraction of sp³-hybridized carbons (Fsp3) is 0.143. The number of imidazole rings is 1. The van der Waals surface area contributed by atoms with Gasteiger partial charge in [0.2, 0.25) is 0 Å². The maximum atomic E-state index is 10.1. The van der Waals surface area contributed by atoms with E-state index in [9.17, 15) is 4.79 Å². The SMILES string of the molecule is O=CCc1cn2ccnc2s1. The van der Waals surface area contributed by atoms with Crippen LogP contribution in [0.15, 0.2) is 18.6 Å². The second-order valence-electron chi connectivity index (χ2n) is 2.19. The molecule has 0 radical (unpaired) electrons. The average Bonchev–Trinajstić information content (AvgIpc) is 2.46. The van der Waals surface area contributed by atoms with Gasteiger partial charge in [-0.25, -0.2) is 4.98 Å². The van der Waals surface area contributed by atoms with Crippen LogP contribution in [0.25, 0.3) is 4.96 Å². The molecule has 0 unspecified atom stereocenters. The molecule has 0 spiro atoms. The number of carbonyl (C=O) groups excluding carboxylic acids is 1. The van der Waals surface area contributed by atoms with Crippen molar-refractivity contribution in [3.63, 3.8) is 0 Å². The predicted octanol–water partition coefficient (Wildman–Crippen LogP) is 1.14. The van der Waals surface area contributed by atoms with Crippen LogP contribution in [0.4, 0.5) is 0 Å². The molecule has 0 N–H and O–H groups in total. The Bertz CT molecular complexity index is 348. The Hall–Kier alpha value is -1.16. The van der Waals surface area contributed by atoms with Gasteiger partial charge in [-0.2, -0.15) is 0 Å². The van der Waals surface area contributed by atoms with Crippen LogP contribution in [0.1, 0.15) is 4.88 Å². The van der Waals surface area contributed by atoms with E-state index in [2.05, 4.69) is 4.98 Å². The Labute approximate surface area is 67.3 Å². The van der Waals surface area contributed by atoms with Gasteiger partial charge >= 0.3 is 0 Å². The van der Waals surface area contributed by atoms with Crippen LogP contribution < -0.4 is 0 Å². The number of carbonyl (C=O) groups is 1. The molecule has 11 heavy (non-hydrogen) atoms. The molecule has 2 aromatic rings. The number of hydrogen-bond donors (Lipinski definition) is 0. The van der Waals surface area contributed by atoms with E-state index < -0.39 is 0 Å². The second kappa shape index (κ2) is 2.47. The smallest absolute Gasteiger partial charge is 0.193 e. The highest BCUT2D eigenvalue weighted by molar-refractivity contribution is 7.17. The van der Waals surface area contributed by atoms with Crippen molar-refractivity contribution in [1.29, 1.82) is 0 Å². The van der Waals surface area contributed by atoms with Crippen molar-refractivity contribution in [3.05, 3.63) is 23.5 Å². The zero-order valence-electron chi connectivity index (χ0n) is 5.73. The Morgan fingerprint density at radius 1 is 1.73 bits per heavy atom. The van der Waals surface area contributed by atoms with Crippen LogP contribution in [0.2, 0.25) is 0 Å². The molecular formula is C7H6N2OS. The fourth-order valence-corrected chi connectivity index (χ4v) is 1.84. The van der Waals surface area contributed by atoms with Gasteiger partial charge in [0.1, 0.15) is 6.29 Å². The van der Waals surface area contributed by atoms with Gasteiger partial charge < -0.3 is 4.79 Å². The number of aromatic nitrogens is 2. The molecule has 0 aliphatic carbocycles. The van der Waals surface area contributed by atoms with Crippen molar-refractivity contribution in [2.45, 2.75) is 6.42 Å². The van der Waals surface area contributed by atoms with Gasteiger partial charge in [0, 0.05) is 29.9 Å². The number of thiazole rings is 1. The molecule has 2 aromatic heterocycles. The van der Waals surface area contributed by atoms with Crippen LogP contribution >= 0.6 is 11.3 Å². The lowest BCUT2D eigenvalue weighted by molar-refractivity contribution is -0.107. The molecule has 0 atom stereocenters. The van der Waals surface area contributed by atoms with Crippen LogP contribution in [-0.4, -0.2) is 15.7 Å². The van der Waals surface area contributed by atoms with Crippen molar-refractivity contribution >= 4 is 22.6 Å². The van der Waals surface area contributed by atoms with Crippen molar-refractivity contribution in [2.24, 2.45) is 0 Å². The van der Waals surface area contributed by atoms with E-state index in [1.54, 1.807) is 17.5 Å². The first-order chi connectivity index (χ1) is 5.40. The highest BCUT2D eigenvalue weighted by atomic mass is 32.1. The summed E-state index contributed by atoms with van der Waals surface area (Å²) in [6.45, 7) is 0. The molecule has 0 aliphatic rings. The lowest BCUT2D eigenvalue weighted by atomic mass is 10.4. The summed E-state index contributed by atoms with van der Waals surface area (Å²) in [6, 6.07) is 0. The molecular weight excluding hydrogens is 160 g/mol. The topological polar surface area (TPSA) is 34.4 Å². The van der Waals surface area contributed by atoms with Gasteiger partial charge in [0.05, 0.1) is 0 Å². The van der Waals surface area contributed by atoms with Crippen molar-refractivity contribution in [1.82, 2.24) is 9.38 Å². The number of aldehydes is 1. The van der Waals surface area contributed by atoms with E-state index in [0.717, 1.165) is 16.1 Å².